The summed E-state index contributed by atoms with van der Waals surface area (Å²) in [7, 11) is 0. The van der Waals surface area contributed by atoms with Crippen LogP contribution in [-0.4, -0.2) is 10.8 Å². The van der Waals surface area contributed by atoms with Crippen molar-refractivity contribution in [2.45, 2.75) is 10.4 Å². The topological polar surface area (TPSA) is 85.9 Å². The maximum Gasteiger partial charge on any atom is 0.322 e. The van der Waals surface area contributed by atoms with E-state index in [0.717, 1.165) is 16.5 Å². The summed E-state index contributed by atoms with van der Waals surface area (Å²) in [5, 5.41) is 0.765. The van der Waals surface area contributed by atoms with Crippen molar-refractivity contribution in [3.63, 3.8) is 0 Å². The Morgan fingerprint density at radius 1 is 0.893 bits per heavy atom. The lowest BCUT2D eigenvalue weighted by atomic mass is 10.0. The van der Waals surface area contributed by atoms with Crippen LogP contribution in [0.4, 0.5) is 5.82 Å². The number of Topliss-reactive ketones (excluding diaryl/α,β-unsaturated/α-hetero) is 1. The van der Waals surface area contributed by atoms with Crippen LogP contribution >= 0.6 is 11.8 Å². The van der Waals surface area contributed by atoms with E-state index >= 15 is 0 Å². The van der Waals surface area contributed by atoms with Gasteiger partial charge in [-0.1, -0.05) is 77.8 Å². The van der Waals surface area contributed by atoms with E-state index in [0.29, 0.717) is 16.5 Å². The van der Waals surface area contributed by atoms with Crippen molar-refractivity contribution < 1.29 is 9.47 Å². The Morgan fingerprint density at radius 3 is 2.21 bits per heavy atom. The van der Waals surface area contributed by atoms with Crippen LogP contribution in [0.3, 0.4) is 0 Å². The molecule has 1 unspecified atom stereocenters. The molecule has 0 spiro atoms. The van der Waals surface area contributed by atoms with Crippen LogP contribution in [0.5, 0.6) is 0 Å². The summed E-state index contributed by atoms with van der Waals surface area (Å²) in [4.78, 5) is 17.9. The zero-order valence-electron chi connectivity index (χ0n) is 15.0. The van der Waals surface area contributed by atoms with Gasteiger partial charge in [-0.15, -0.1) is 4.68 Å². The molecule has 1 aromatic heterocycles. The molecule has 0 fully saturated rings. The molecule has 0 aliphatic carbocycles. The predicted octanol–water partition coefficient (Wildman–Crippen LogP) is 3.53. The number of benzene rings is 3. The second-order valence-electron chi connectivity index (χ2n) is 6.31. The summed E-state index contributed by atoms with van der Waals surface area (Å²) in [5.74, 6) is 6.61. The van der Waals surface area contributed by atoms with Crippen LogP contribution in [0.15, 0.2) is 90.1 Å². The number of hydrogen-bond donors (Lipinski definition) is 2. The van der Waals surface area contributed by atoms with E-state index in [9.17, 15) is 4.79 Å². The van der Waals surface area contributed by atoms with Gasteiger partial charge < -0.3 is 5.73 Å². The molecular weight excluding hydrogens is 368 g/mol. The molecule has 138 valence electrons. The van der Waals surface area contributed by atoms with Crippen molar-refractivity contribution in [1.29, 1.82) is 0 Å². The van der Waals surface area contributed by atoms with Crippen molar-refractivity contribution in [1.82, 2.24) is 4.98 Å². The Morgan fingerprint density at radius 2 is 1.50 bits per heavy atom. The highest BCUT2D eigenvalue weighted by atomic mass is 32.2. The zero-order valence-corrected chi connectivity index (χ0v) is 15.8. The molecule has 0 bridgehead atoms. The molecular formula is C22H19N4OS+. The summed E-state index contributed by atoms with van der Waals surface area (Å²) in [6.45, 7) is 0. The van der Waals surface area contributed by atoms with Crippen molar-refractivity contribution in [3.8, 4) is 0 Å². The first kappa shape index (κ1) is 18.0. The summed E-state index contributed by atoms with van der Waals surface area (Å²) >= 11 is 1.30. The van der Waals surface area contributed by atoms with Gasteiger partial charge in [0, 0.05) is 5.56 Å². The third-order valence-electron chi connectivity index (χ3n) is 4.48. The van der Waals surface area contributed by atoms with E-state index < -0.39 is 5.25 Å². The van der Waals surface area contributed by atoms with Gasteiger partial charge in [0.05, 0.1) is 5.39 Å². The number of anilines is 1. The van der Waals surface area contributed by atoms with Crippen LogP contribution in [0.2, 0.25) is 0 Å². The minimum Gasteiger partial charge on any atom is -0.316 e. The monoisotopic (exact) mass is 387 g/mol. The summed E-state index contributed by atoms with van der Waals surface area (Å²) < 4.78 is 1.35. The molecule has 0 amide bonds. The zero-order chi connectivity index (χ0) is 19.5. The van der Waals surface area contributed by atoms with E-state index in [1.165, 1.54) is 16.4 Å². The molecule has 1 atom stereocenters. The van der Waals surface area contributed by atoms with Crippen molar-refractivity contribution >= 4 is 34.3 Å². The molecule has 0 radical (unpaired) electrons. The number of thioether (sulfide) groups is 1. The first-order valence-electron chi connectivity index (χ1n) is 8.81. The molecule has 28 heavy (non-hydrogen) atoms. The standard InChI is InChI=1S/C22H18N4OS/c23-21-17-13-7-8-14-18(17)25-22(26(21)24)28-20(16-11-5-2-6-12-16)19(27)15-9-3-1-4-10-15/h1-14,20,23H,24H2/p+1. The van der Waals surface area contributed by atoms with Crippen LogP contribution in [0, 0.1) is 0 Å². The fraction of sp³-hybridized carbons (Fsp3) is 0.0455. The highest BCUT2D eigenvalue weighted by molar-refractivity contribution is 8.00. The Balaban J connectivity index is 1.79. The minimum absolute atomic E-state index is 0.00895. The second-order valence-corrected chi connectivity index (χ2v) is 7.38. The smallest absolute Gasteiger partial charge is 0.316 e. The molecule has 0 aliphatic rings. The summed E-state index contributed by atoms with van der Waals surface area (Å²) in [6, 6.07) is 26.4. The number of hydrogen-bond acceptors (Lipinski definition) is 5. The van der Waals surface area contributed by atoms with Gasteiger partial charge in [-0.05, 0) is 29.5 Å². The third kappa shape index (κ3) is 3.42. The average Bonchev–Trinajstić information content (AvgIpc) is 2.76. The molecule has 0 aliphatic heterocycles. The maximum absolute atomic E-state index is 13.3. The predicted molar refractivity (Wildman–Crippen MR) is 112 cm³/mol. The van der Waals surface area contributed by atoms with Crippen LogP contribution in [-0.2, 0) is 0 Å². The van der Waals surface area contributed by atoms with Crippen LogP contribution in [0.1, 0.15) is 21.2 Å². The molecule has 3 aromatic carbocycles. The Kier molecular flexibility index (Phi) is 4.95. The number of rotatable bonds is 5. The number of nitrogens with zero attached hydrogens (tertiary/aromatic N) is 2. The number of fused-ring (bicyclic) bond motifs is 1. The van der Waals surface area contributed by atoms with Crippen molar-refractivity contribution in [2.24, 2.45) is 0 Å². The van der Waals surface area contributed by atoms with Gasteiger partial charge in [-0.2, -0.15) is 0 Å². The van der Waals surface area contributed by atoms with Gasteiger partial charge in [0.1, 0.15) is 5.25 Å². The van der Waals surface area contributed by atoms with Gasteiger partial charge >= 0.3 is 5.16 Å². The minimum atomic E-state index is -0.494. The van der Waals surface area contributed by atoms with Gasteiger partial charge in [0.2, 0.25) is 0 Å². The number of nitrogens with two attached hydrogens (primary N) is 2. The van der Waals surface area contributed by atoms with Gasteiger partial charge in [-0.25, -0.2) is 0 Å². The molecule has 6 heteroatoms. The summed E-state index contributed by atoms with van der Waals surface area (Å²) in [6.07, 6.45) is 0. The van der Waals surface area contributed by atoms with E-state index in [-0.39, 0.29) is 5.78 Å². The average molecular weight is 387 g/mol. The third-order valence-corrected chi connectivity index (χ3v) is 5.70. The number of aromatic nitrogens is 2. The fourth-order valence-electron chi connectivity index (χ4n) is 3.02. The Bertz CT molecular complexity index is 1130. The maximum atomic E-state index is 13.3. The van der Waals surface area contributed by atoms with Gasteiger partial charge in [0.15, 0.2) is 11.3 Å². The number of nitrogen functional groups attached to an aromatic ring is 2. The van der Waals surface area contributed by atoms with Crippen molar-refractivity contribution in [3.05, 3.63) is 96.1 Å². The lowest BCUT2D eigenvalue weighted by Gasteiger charge is -2.15. The number of para-hydroxylation sites is 1. The SMILES string of the molecule is Nc1c2ccccc2nc(SC(C(=O)c2ccccc2)c2ccccc2)[n+]1N. The molecule has 4 aromatic rings. The highest BCUT2D eigenvalue weighted by Gasteiger charge is 2.28. The van der Waals surface area contributed by atoms with E-state index in [2.05, 4.69) is 4.98 Å². The first-order chi connectivity index (χ1) is 13.6. The Hall–Kier alpha value is -3.38. The normalized spacial score (nSPS) is 12.0. The molecule has 0 saturated carbocycles. The molecule has 5 nitrogen and oxygen atoms in total. The Labute approximate surface area is 167 Å². The molecule has 0 saturated heterocycles. The van der Waals surface area contributed by atoms with E-state index in [4.69, 9.17) is 11.6 Å². The molecule has 4 rings (SSSR count). The molecule has 4 N–H and O–H groups in total. The number of ketones is 1. The number of carbonyl (C=O) groups is 1. The lowest BCUT2D eigenvalue weighted by Crippen LogP contribution is -2.50. The van der Waals surface area contributed by atoms with Crippen LogP contribution in [0.25, 0.3) is 10.9 Å². The van der Waals surface area contributed by atoms with E-state index in [1.54, 1.807) is 0 Å². The van der Waals surface area contributed by atoms with Gasteiger partial charge in [0.25, 0.3) is 5.82 Å². The fourth-order valence-corrected chi connectivity index (χ4v) is 4.13. The second kappa shape index (κ2) is 7.70. The highest BCUT2D eigenvalue weighted by Crippen LogP contribution is 2.36. The van der Waals surface area contributed by atoms with Crippen molar-refractivity contribution in [2.75, 3.05) is 11.6 Å². The quantitative estimate of drug-likeness (QED) is 0.180. The summed E-state index contributed by atoms with van der Waals surface area (Å²) in [5.41, 5.74) is 8.48. The number of carbonyl (C=O) groups excluding carboxylic acids is 1. The van der Waals surface area contributed by atoms with Crippen LogP contribution < -0.4 is 16.3 Å². The first-order valence-corrected chi connectivity index (χ1v) is 9.69. The molecule has 1 heterocycles. The van der Waals surface area contributed by atoms with Gasteiger partial charge in [-0.3, -0.25) is 10.6 Å². The lowest BCUT2D eigenvalue weighted by molar-refractivity contribution is -0.666. The largest absolute Gasteiger partial charge is 0.322 e. The van der Waals surface area contributed by atoms with E-state index in [1.807, 2.05) is 84.9 Å².